The molecule has 0 amide bonds. The number of nitrogens with zero attached hydrogens (tertiary/aromatic N) is 1. The van der Waals surface area contributed by atoms with Gasteiger partial charge in [0.25, 0.3) is 0 Å². The van der Waals surface area contributed by atoms with Gasteiger partial charge in [0.2, 0.25) is 0 Å². The third-order valence-corrected chi connectivity index (χ3v) is 5.24. The van der Waals surface area contributed by atoms with E-state index in [2.05, 4.69) is 47.1 Å². The summed E-state index contributed by atoms with van der Waals surface area (Å²) in [5, 5.41) is 9.64. The van der Waals surface area contributed by atoms with Crippen LogP contribution in [0.2, 0.25) is 0 Å². The second kappa shape index (κ2) is 4.08. The largest absolute Gasteiger partial charge is 0.379 e. The Morgan fingerprint density at radius 2 is 2.06 bits per heavy atom. The Labute approximate surface area is 116 Å². The minimum Gasteiger partial charge on any atom is -0.379 e. The zero-order valence-electron chi connectivity index (χ0n) is 10.5. The third-order valence-electron chi connectivity index (χ3n) is 4.75. The molecule has 0 aromatic heterocycles. The van der Waals surface area contributed by atoms with Crippen molar-refractivity contribution < 1.29 is 4.74 Å². The molecule has 2 nitrogen and oxygen atoms in total. The molecule has 1 saturated heterocycles. The summed E-state index contributed by atoms with van der Waals surface area (Å²) in [5.41, 5.74) is 2.29. The summed E-state index contributed by atoms with van der Waals surface area (Å²) in [5.74, 6) is 0. The fourth-order valence-corrected chi connectivity index (χ4v) is 3.69. The van der Waals surface area contributed by atoms with Crippen molar-refractivity contribution in [2.45, 2.75) is 31.6 Å². The average molecular weight is 306 g/mol. The van der Waals surface area contributed by atoms with E-state index in [0.717, 1.165) is 17.3 Å². The first kappa shape index (κ1) is 12.2. The van der Waals surface area contributed by atoms with E-state index in [1.807, 2.05) is 0 Å². The van der Waals surface area contributed by atoms with Crippen LogP contribution in [-0.2, 0) is 10.2 Å². The monoisotopic (exact) mass is 305 g/mol. The molecule has 94 valence electrons. The molecule has 1 aromatic carbocycles. The van der Waals surface area contributed by atoms with Gasteiger partial charge in [-0.1, -0.05) is 28.4 Å². The molecule has 2 aliphatic rings. The van der Waals surface area contributed by atoms with Crippen LogP contribution in [0.4, 0.5) is 0 Å². The first-order valence-electron chi connectivity index (χ1n) is 6.39. The van der Waals surface area contributed by atoms with Crippen molar-refractivity contribution >= 4 is 15.9 Å². The van der Waals surface area contributed by atoms with Crippen LogP contribution >= 0.6 is 15.9 Å². The Morgan fingerprint density at radius 1 is 1.33 bits per heavy atom. The summed E-state index contributed by atoms with van der Waals surface area (Å²) in [6, 6.07) is 8.97. The molecule has 3 heteroatoms. The number of hydrogen-bond acceptors (Lipinski definition) is 2. The maximum atomic E-state index is 9.64. The third kappa shape index (κ3) is 1.42. The normalized spacial score (nSPS) is 23.6. The van der Waals surface area contributed by atoms with Gasteiger partial charge in [-0.2, -0.15) is 5.26 Å². The Kier molecular flexibility index (Phi) is 2.76. The quantitative estimate of drug-likeness (QED) is 0.834. The lowest BCUT2D eigenvalue weighted by Crippen LogP contribution is -2.61. The van der Waals surface area contributed by atoms with Gasteiger partial charge < -0.3 is 4.74 Å². The lowest BCUT2D eigenvalue weighted by atomic mass is 9.50. The van der Waals surface area contributed by atoms with Crippen molar-refractivity contribution in [2.75, 3.05) is 13.2 Å². The molecule has 0 unspecified atom stereocenters. The van der Waals surface area contributed by atoms with Gasteiger partial charge in [-0.05, 0) is 43.0 Å². The van der Waals surface area contributed by atoms with E-state index in [0.29, 0.717) is 13.2 Å². The minimum atomic E-state index is -0.198. The predicted molar refractivity (Wildman–Crippen MR) is 73.3 cm³/mol. The summed E-state index contributed by atoms with van der Waals surface area (Å²) in [4.78, 5) is 0. The number of hydrogen-bond donors (Lipinski definition) is 0. The lowest BCUT2D eigenvalue weighted by Gasteiger charge is -2.57. The standard InChI is InChI=1S/C15H16BrNO/c1-11-3-4-12(16)7-13(11)15(9-18-10-15)14(8-17)5-2-6-14/h3-4,7H,2,5-6,9-10H2,1H3. The maximum Gasteiger partial charge on any atom is 0.0715 e. The molecule has 18 heavy (non-hydrogen) atoms. The lowest BCUT2D eigenvalue weighted by molar-refractivity contribution is -0.135. The van der Waals surface area contributed by atoms with E-state index in [4.69, 9.17) is 4.74 Å². The molecular formula is C15H16BrNO. The Bertz CT molecular complexity index is 524. The van der Waals surface area contributed by atoms with E-state index in [1.165, 1.54) is 17.5 Å². The van der Waals surface area contributed by atoms with Gasteiger partial charge in [-0.25, -0.2) is 0 Å². The van der Waals surface area contributed by atoms with E-state index in [9.17, 15) is 5.26 Å². The first-order chi connectivity index (χ1) is 8.63. The molecule has 1 heterocycles. The summed E-state index contributed by atoms with van der Waals surface area (Å²) in [6.07, 6.45) is 3.19. The molecule has 0 atom stereocenters. The van der Waals surface area contributed by atoms with Crippen molar-refractivity contribution in [3.05, 3.63) is 33.8 Å². The number of nitriles is 1. The molecule has 0 radical (unpaired) electrons. The summed E-state index contributed by atoms with van der Waals surface area (Å²) in [7, 11) is 0. The fraction of sp³-hybridized carbons (Fsp3) is 0.533. The molecule has 1 aliphatic heterocycles. The van der Waals surface area contributed by atoms with Crippen molar-refractivity contribution in [1.29, 1.82) is 5.26 Å². The van der Waals surface area contributed by atoms with Crippen molar-refractivity contribution in [3.8, 4) is 6.07 Å². The number of benzene rings is 1. The summed E-state index contributed by atoms with van der Waals surface area (Å²) < 4.78 is 6.59. The van der Waals surface area contributed by atoms with Gasteiger partial charge in [-0.15, -0.1) is 0 Å². The van der Waals surface area contributed by atoms with E-state index in [-0.39, 0.29) is 10.8 Å². The highest BCUT2D eigenvalue weighted by atomic mass is 79.9. The SMILES string of the molecule is Cc1ccc(Br)cc1C1(C2(C#N)CCC2)COC1. The minimum absolute atomic E-state index is 0.0755. The summed E-state index contributed by atoms with van der Waals surface area (Å²) in [6.45, 7) is 3.52. The Hall–Kier alpha value is -0.850. The maximum absolute atomic E-state index is 9.64. The highest BCUT2D eigenvalue weighted by Crippen LogP contribution is 2.58. The van der Waals surface area contributed by atoms with E-state index >= 15 is 0 Å². The zero-order chi connectivity index (χ0) is 12.8. The molecule has 1 aliphatic carbocycles. The van der Waals surface area contributed by atoms with Crippen LogP contribution < -0.4 is 0 Å². The zero-order valence-corrected chi connectivity index (χ0v) is 12.1. The highest BCUT2D eigenvalue weighted by Gasteiger charge is 2.60. The Morgan fingerprint density at radius 3 is 2.50 bits per heavy atom. The topological polar surface area (TPSA) is 33.0 Å². The van der Waals surface area contributed by atoms with Crippen LogP contribution in [0.3, 0.4) is 0 Å². The van der Waals surface area contributed by atoms with Crippen LogP contribution in [0.1, 0.15) is 30.4 Å². The van der Waals surface area contributed by atoms with Crippen LogP contribution in [0.25, 0.3) is 0 Å². The van der Waals surface area contributed by atoms with Gasteiger partial charge >= 0.3 is 0 Å². The van der Waals surface area contributed by atoms with Crippen molar-refractivity contribution in [2.24, 2.45) is 5.41 Å². The molecule has 1 saturated carbocycles. The van der Waals surface area contributed by atoms with Gasteiger partial charge in [0.05, 0.1) is 30.1 Å². The molecule has 3 rings (SSSR count). The second-order valence-electron chi connectivity index (χ2n) is 5.58. The molecule has 2 fully saturated rings. The van der Waals surface area contributed by atoms with Gasteiger partial charge in [0, 0.05) is 4.47 Å². The number of ether oxygens (including phenoxy) is 1. The number of aryl methyl sites for hydroxylation is 1. The number of rotatable bonds is 2. The predicted octanol–water partition coefficient (Wildman–Crippen LogP) is 3.72. The van der Waals surface area contributed by atoms with Crippen LogP contribution in [-0.4, -0.2) is 13.2 Å². The second-order valence-corrected chi connectivity index (χ2v) is 6.50. The fourth-order valence-electron chi connectivity index (χ4n) is 3.33. The van der Waals surface area contributed by atoms with E-state index in [1.54, 1.807) is 0 Å². The molecular weight excluding hydrogens is 290 g/mol. The molecule has 0 spiro atoms. The van der Waals surface area contributed by atoms with Crippen molar-refractivity contribution in [1.82, 2.24) is 0 Å². The average Bonchev–Trinajstić information content (AvgIpc) is 2.25. The van der Waals surface area contributed by atoms with Gasteiger partial charge in [0.15, 0.2) is 0 Å². The number of halogens is 1. The van der Waals surface area contributed by atoms with Crippen LogP contribution in [0.5, 0.6) is 0 Å². The van der Waals surface area contributed by atoms with Crippen LogP contribution in [0.15, 0.2) is 22.7 Å². The summed E-state index contributed by atoms with van der Waals surface area (Å²) >= 11 is 3.55. The van der Waals surface area contributed by atoms with Crippen LogP contribution in [0, 0.1) is 23.7 Å². The Balaban J connectivity index is 2.12. The van der Waals surface area contributed by atoms with Gasteiger partial charge in [-0.3, -0.25) is 0 Å². The first-order valence-corrected chi connectivity index (χ1v) is 7.19. The highest BCUT2D eigenvalue weighted by molar-refractivity contribution is 9.10. The van der Waals surface area contributed by atoms with Gasteiger partial charge in [0.1, 0.15) is 0 Å². The smallest absolute Gasteiger partial charge is 0.0715 e. The molecule has 0 bridgehead atoms. The molecule has 1 aromatic rings. The van der Waals surface area contributed by atoms with Crippen molar-refractivity contribution in [3.63, 3.8) is 0 Å². The van der Waals surface area contributed by atoms with E-state index < -0.39 is 0 Å². The molecule has 0 N–H and O–H groups in total.